The molecule has 3 nitrogen and oxygen atoms in total. The number of halogens is 3. The predicted octanol–water partition coefficient (Wildman–Crippen LogP) is 5.62. The lowest BCUT2D eigenvalue weighted by atomic mass is 10.2. The SMILES string of the molecule is O=C(Nc1nc2ccc(Br)cc2s1)c1c(Cl)cccc1Cl. The summed E-state index contributed by atoms with van der Waals surface area (Å²) in [4.78, 5) is 16.6. The van der Waals surface area contributed by atoms with E-state index in [2.05, 4.69) is 26.2 Å². The Hall–Kier alpha value is -1.14. The summed E-state index contributed by atoms with van der Waals surface area (Å²) in [5.74, 6) is -0.372. The van der Waals surface area contributed by atoms with Gasteiger partial charge in [0.2, 0.25) is 0 Å². The number of nitrogens with one attached hydrogen (secondary N) is 1. The summed E-state index contributed by atoms with van der Waals surface area (Å²) < 4.78 is 1.94. The summed E-state index contributed by atoms with van der Waals surface area (Å²) in [6, 6.07) is 10.7. The summed E-state index contributed by atoms with van der Waals surface area (Å²) in [5.41, 5.74) is 1.07. The zero-order chi connectivity index (χ0) is 15.0. The number of rotatable bonds is 2. The van der Waals surface area contributed by atoms with Crippen LogP contribution in [0.3, 0.4) is 0 Å². The van der Waals surface area contributed by atoms with E-state index in [1.807, 2.05) is 18.2 Å². The van der Waals surface area contributed by atoms with Crippen molar-refractivity contribution in [3.05, 3.63) is 56.5 Å². The second-order valence-corrected chi connectivity index (χ2v) is 6.94. The lowest BCUT2D eigenvalue weighted by Crippen LogP contribution is -2.12. The number of thiazole rings is 1. The molecular formula is C14H7BrCl2N2OS. The van der Waals surface area contributed by atoms with Crippen LogP contribution in [0.4, 0.5) is 5.13 Å². The number of amides is 1. The molecule has 106 valence electrons. The van der Waals surface area contributed by atoms with E-state index in [1.165, 1.54) is 11.3 Å². The van der Waals surface area contributed by atoms with Crippen LogP contribution < -0.4 is 5.32 Å². The number of hydrogen-bond donors (Lipinski definition) is 1. The number of anilines is 1. The average Bonchev–Trinajstić information content (AvgIpc) is 2.79. The van der Waals surface area contributed by atoms with Gasteiger partial charge in [0, 0.05) is 4.47 Å². The molecule has 3 rings (SSSR count). The zero-order valence-electron chi connectivity index (χ0n) is 10.4. The Morgan fingerprint density at radius 1 is 1.19 bits per heavy atom. The summed E-state index contributed by atoms with van der Waals surface area (Å²) in [6.45, 7) is 0. The minimum atomic E-state index is -0.372. The smallest absolute Gasteiger partial charge is 0.260 e. The van der Waals surface area contributed by atoms with Gasteiger partial charge in [0.25, 0.3) is 5.91 Å². The van der Waals surface area contributed by atoms with Crippen LogP contribution in [0.25, 0.3) is 10.2 Å². The molecular weight excluding hydrogens is 395 g/mol. The van der Waals surface area contributed by atoms with Gasteiger partial charge in [0.05, 0.1) is 25.8 Å². The first-order valence-electron chi connectivity index (χ1n) is 5.86. The number of nitrogens with zero attached hydrogens (tertiary/aromatic N) is 1. The topological polar surface area (TPSA) is 42.0 Å². The van der Waals surface area contributed by atoms with E-state index >= 15 is 0 Å². The van der Waals surface area contributed by atoms with Gasteiger partial charge in [-0.15, -0.1) is 0 Å². The third-order valence-electron chi connectivity index (χ3n) is 2.76. The Kier molecular flexibility index (Phi) is 4.17. The highest BCUT2D eigenvalue weighted by atomic mass is 79.9. The second kappa shape index (κ2) is 5.93. The summed E-state index contributed by atoms with van der Waals surface area (Å²) in [6.07, 6.45) is 0. The molecule has 0 fully saturated rings. The summed E-state index contributed by atoms with van der Waals surface area (Å²) >= 11 is 16.8. The zero-order valence-corrected chi connectivity index (χ0v) is 14.3. The van der Waals surface area contributed by atoms with E-state index < -0.39 is 0 Å². The maximum absolute atomic E-state index is 12.3. The lowest BCUT2D eigenvalue weighted by molar-refractivity contribution is 0.102. The van der Waals surface area contributed by atoms with Gasteiger partial charge in [0.1, 0.15) is 0 Å². The van der Waals surface area contributed by atoms with Crippen LogP contribution in [-0.2, 0) is 0 Å². The van der Waals surface area contributed by atoms with E-state index in [-0.39, 0.29) is 11.5 Å². The molecule has 2 aromatic carbocycles. The molecule has 0 radical (unpaired) electrons. The molecule has 1 N–H and O–H groups in total. The summed E-state index contributed by atoms with van der Waals surface area (Å²) in [5, 5.41) is 3.86. The van der Waals surface area contributed by atoms with Crippen molar-refractivity contribution in [2.75, 3.05) is 5.32 Å². The van der Waals surface area contributed by atoms with E-state index in [4.69, 9.17) is 23.2 Å². The molecule has 0 atom stereocenters. The van der Waals surface area contributed by atoms with Crippen molar-refractivity contribution in [3.63, 3.8) is 0 Å². The van der Waals surface area contributed by atoms with Crippen molar-refractivity contribution in [3.8, 4) is 0 Å². The van der Waals surface area contributed by atoms with Crippen molar-refractivity contribution in [2.24, 2.45) is 0 Å². The highest BCUT2D eigenvalue weighted by Gasteiger charge is 2.16. The third kappa shape index (κ3) is 3.06. The van der Waals surface area contributed by atoms with Crippen molar-refractivity contribution in [1.82, 2.24) is 4.98 Å². The number of aromatic nitrogens is 1. The molecule has 0 aliphatic carbocycles. The van der Waals surface area contributed by atoms with Crippen LogP contribution in [-0.4, -0.2) is 10.9 Å². The van der Waals surface area contributed by atoms with Crippen molar-refractivity contribution >= 4 is 71.7 Å². The molecule has 0 spiro atoms. The van der Waals surface area contributed by atoms with Gasteiger partial charge in [0.15, 0.2) is 5.13 Å². The molecule has 21 heavy (non-hydrogen) atoms. The van der Waals surface area contributed by atoms with Crippen LogP contribution in [0.2, 0.25) is 10.0 Å². The minimum absolute atomic E-state index is 0.251. The van der Waals surface area contributed by atoms with Gasteiger partial charge >= 0.3 is 0 Å². The number of carbonyl (C=O) groups excluding carboxylic acids is 1. The normalized spacial score (nSPS) is 10.8. The van der Waals surface area contributed by atoms with Gasteiger partial charge in [-0.2, -0.15) is 0 Å². The van der Waals surface area contributed by atoms with Gasteiger partial charge < -0.3 is 0 Å². The first-order chi connectivity index (χ1) is 10.0. The van der Waals surface area contributed by atoms with Gasteiger partial charge in [-0.1, -0.05) is 56.5 Å². The molecule has 0 saturated heterocycles. The predicted molar refractivity (Wildman–Crippen MR) is 91.7 cm³/mol. The molecule has 1 amide bonds. The van der Waals surface area contributed by atoms with Crippen LogP contribution in [0.15, 0.2) is 40.9 Å². The molecule has 0 bridgehead atoms. The number of carbonyl (C=O) groups is 1. The molecule has 0 saturated carbocycles. The fourth-order valence-electron chi connectivity index (χ4n) is 1.83. The van der Waals surface area contributed by atoms with Crippen LogP contribution in [0.1, 0.15) is 10.4 Å². The first-order valence-corrected chi connectivity index (χ1v) is 8.22. The Morgan fingerprint density at radius 2 is 1.90 bits per heavy atom. The van der Waals surface area contributed by atoms with Crippen LogP contribution >= 0.6 is 50.5 Å². The molecule has 0 unspecified atom stereocenters. The van der Waals surface area contributed by atoms with Crippen molar-refractivity contribution in [1.29, 1.82) is 0 Å². The number of benzene rings is 2. The van der Waals surface area contributed by atoms with E-state index in [1.54, 1.807) is 18.2 Å². The average molecular weight is 402 g/mol. The second-order valence-electron chi connectivity index (χ2n) is 4.18. The lowest BCUT2D eigenvalue weighted by Gasteiger charge is -2.05. The highest BCUT2D eigenvalue weighted by molar-refractivity contribution is 9.10. The van der Waals surface area contributed by atoms with Gasteiger partial charge in [-0.05, 0) is 30.3 Å². The maximum atomic E-state index is 12.3. The summed E-state index contributed by atoms with van der Waals surface area (Å²) in [7, 11) is 0. The van der Waals surface area contributed by atoms with E-state index in [9.17, 15) is 4.79 Å². The maximum Gasteiger partial charge on any atom is 0.260 e. The highest BCUT2D eigenvalue weighted by Crippen LogP contribution is 2.30. The fraction of sp³-hybridized carbons (Fsp3) is 0. The third-order valence-corrected chi connectivity index (χ3v) is 4.82. The number of fused-ring (bicyclic) bond motifs is 1. The van der Waals surface area contributed by atoms with Gasteiger partial charge in [-0.3, -0.25) is 10.1 Å². The monoisotopic (exact) mass is 400 g/mol. The molecule has 0 aliphatic heterocycles. The Morgan fingerprint density at radius 3 is 2.62 bits per heavy atom. The van der Waals surface area contributed by atoms with E-state index in [0.717, 1.165) is 14.7 Å². The Labute approximate surface area is 143 Å². The Balaban J connectivity index is 1.93. The minimum Gasteiger partial charge on any atom is -0.298 e. The van der Waals surface area contributed by atoms with Crippen molar-refractivity contribution in [2.45, 2.75) is 0 Å². The molecule has 7 heteroatoms. The largest absolute Gasteiger partial charge is 0.298 e. The quantitative estimate of drug-likeness (QED) is 0.605. The fourth-order valence-corrected chi connectivity index (χ4v) is 3.81. The molecule has 1 heterocycles. The molecule has 1 aromatic heterocycles. The molecule has 0 aliphatic rings. The Bertz CT molecular complexity index is 830. The van der Waals surface area contributed by atoms with Crippen LogP contribution in [0, 0.1) is 0 Å². The number of hydrogen-bond acceptors (Lipinski definition) is 3. The van der Waals surface area contributed by atoms with Crippen LogP contribution in [0.5, 0.6) is 0 Å². The standard InChI is InChI=1S/C14H7BrCl2N2OS/c15-7-4-5-10-11(6-7)21-14(18-10)19-13(20)12-8(16)2-1-3-9(12)17/h1-6H,(H,18,19,20). The first kappa shape index (κ1) is 14.8. The molecule has 3 aromatic rings. The van der Waals surface area contributed by atoms with E-state index in [0.29, 0.717) is 15.2 Å². The van der Waals surface area contributed by atoms with Gasteiger partial charge in [-0.25, -0.2) is 4.98 Å². The van der Waals surface area contributed by atoms with Crippen molar-refractivity contribution < 1.29 is 4.79 Å².